The number of ketones is 1. The molecule has 1 aliphatic heterocycles. The quantitative estimate of drug-likeness (QED) is 0.187. The number of ether oxygens (including phenoxy) is 2. The third kappa shape index (κ3) is 5.30. The summed E-state index contributed by atoms with van der Waals surface area (Å²) >= 11 is 0. The van der Waals surface area contributed by atoms with Gasteiger partial charge < -0.3 is 19.5 Å². The van der Waals surface area contributed by atoms with Gasteiger partial charge in [-0.3, -0.25) is 14.6 Å². The van der Waals surface area contributed by atoms with Crippen molar-refractivity contribution in [3.8, 4) is 11.5 Å². The SMILES string of the molecule is C=CCOc1ccc(C(O)=C2C(=O)C(=O)N(Cc3cccnc3)[C@H]2c2ccc(OCCC)cc2)cc1. The predicted molar refractivity (Wildman–Crippen MR) is 136 cm³/mol. The molecule has 7 nitrogen and oxygen atoms in total. The van der Waals surface area contributed by atoms with Crippen molar-refractivity contribution in [2.24, 2.45) is 0 Å². The van der Waals surface area contributed by atoms with Crippen LogP contribution in [0.2, 0.25) is 0 Å². The van der Waals surface area contributed by atoms with E-state index in [0.29, 0.717) is 35.8 Å². The number of aliphatic hydroxyl groups is 1. The highest BCUT2D eigenvalue weighted by atomic mass is 16.5. The molecule has 0 bridgehead atoms. The Hall–Kier alpha value is -4.39. The fourth-order valence-corrected chi connectivity index (χ4v) is 4.06. The molecule has 2 aromatic carbocycles. The Morgan fingerprint density at radius 2 is 1.75 bits per heavy atom. The summed E-state index contributed by atoms with van der Waals surface area (Å²) in [6.07, 6.45) is 5.81. The van der Waals surface area contributed by atoms with E-state index in [0.717, 1.165) is 12.0 Å². The first kappa shape index (κ1) is 24.7. The molecule has 36 heavy (non-hydrogen) atoms. The fourth-order valence-electron chi connectivity index (χ4n) is 4.06. The average Bonchev–Trinajstić information content (AvgIpc) is 3.16. The van der Waals surface area contributed by atoms with Gasteiger partial charge >= 0.3 is 0 Å². The van der Waals surface area contributed by atoms with E-state index < -0.39 is 17.7 Å². The number of benzene rings is 2. The van der Waals surface area contributed by atoms with Gasteiger partial charge in [-0.25, -0.2) is 0 Å². The van der Waals surface area contributed by atoms with E-state index in [9.17, 15) is 14.7 Å². The summed E-state index contributed by atoms with van der Waals surface area (Å²) in [5, 5.41) is 11.2. The van der Waals surface area contributed by atoms with Gasteiger partial charge in [0.05, 0.1) is 18.2 Å². The van der Waals surface area contributed by atoms with Crippen LogP contribution in [0.3, 0.4) is 0 Å². The number of carbonyl (C=O) groups is 2. The van der Waals surface area contributed by atoms with E-state index in [2.05, 4.69) is 11.6 Å². The van der Waals surface area contributed by atoms with E-state index in [1.165, 1.54) is 4.90 Å². The van der Waals surface area contributed by atoms with Crippen LogP contribution in [0.5, 0.6) is 11.5 Å². The highest BCUT2D eigenvalue weighted by molar-refractivity contribution is 6.46. The number of pyridine rings is 1. The number of aromatic nitrogens is 1. The second kappa shape index (κ2) is 11.4. The highest BCUT2D eigenvalue weighted by Gasteiger charge is 2.46. The Labute approximate surface area is 210 Å². The van der Waals surface area contributed by atoms with Crippen molar-refractivity contribution in [3.05, 3.63) is 108 Å². The molecule has 3 aromatic rings. The standard InChI is InChI=1S/C29H28N2O5/c1-3-16-35-23-11-7-21(8-12-23)26-25(27(32)22-9-13-24(14-10-22)36-17-4-2)28(33)29(34)31(26)19-20-6-5-15-30-18-20/h4-15,18,26,32H,2-3,16-17,19H2,1H3/t26-/m0/s1. The van der Waals surface area contributed by atoms with Gasteiger partial charge in [0, 0.05) is 24.5 Å². The van der Waals surface area contributed by atoms with Gasteiger partial charge in [0.15, 0.2) is 0 Å². The molecule has 1 amide bonds. The number of amides is 1. The van der Waals surface area contributed by atoms with Crippen molar-refractivity contribution in [3.63, 3.8) is 0 Å². The van der Waals surface area contributed by atoms with Crippen molar-refractivity contribution in [2.45, 2.75) is 25.9 Å². The smallest absolute Gasteiger partial charge is 0.295 e. The van der Waals surface area contributed by atoms with Crippen LogP contribution in [0.25, 0.3) is 5.76 Å². The summed E-state index contributed by atoms with van der Waals surface area (Å²) < 4.78 is 11.2. The maximum Gasteiger partial charge on any atom is 0.295 e. The molecule has 0 aliphatic carbocycles. The lowest BCUT2D eigenvalue weighted by atomic mass is 9.95. The molecule has 1 N–H and O–H groups in total. The first-order chi connectivity index (χ1) is 17.5. The minimum absolute atomic E-state index is 0.0332. The Morgan fingerprint density at radius 1 is 1.06 bits per heavy atom. The fraction of sp³-hybridized carbons (Fsp3) is 0.207. The monoisotopic (exact) mass is 484 g/mol. The van der Waals surface area contributed by atoms with Crippen molar-refractivity contribution >= 4 is 17.4 Å². The second-order valence-corrected chi connectivity index (χ2v) is 8.33. The molecule has 2 heterocycles. The number of nitrogens with zero attached hydrogens (tertiary/aromatic N) is 2. The first-order valence-corrected chi connectivity index (χ1v) is 11.8. The maximum atomic E-state index is 13.2. The number of Topliss-reactive ketones (excluding diaryl/α,β-unsaturated/α-hetero) is 1. The highest BCUT2D eigenvalue weighted by Crippen LogP contribution is 2.40. The Morgan fingerprint density at radius 3 is 2.39 bits per heavy atom. The summed E-state index contributed by atoms with van der Waals surface area (Å²) in [7, 11) is 0. The predicted octanol–water partition coefficient (Wildman–Crippen LogP) is 5.06. The molecule has 0 radical (unpaired) electrons. The Balaban J connectivity index is 1.75. The van der Waals surface area contributed by atoms with Crippen LogP contribution in [0.4, 0.5) is 0 Å². The molecule has 4 rings (SSSR count). The number of rotatable bonds is 10. The molecule has 184 valence electrons. The lowest BCUT2D eigenvalue weighted by Crippen LogP contribution is -2.29. The zero-order valence-electron chi connectivity index (χ0n) is 20.1. The molecular formula is C29H28N2O5. The van der Waals surface area contributed by atoms with Crippen LogP contribution in [-0.2, 0) is 16.1 Å². The zero-order valence-corrected chi connectivity index (χ0v) is 20.1. The third-order valence-electron chi connectivity index (χ3n) is 5.78. The molecule has 1 aliphatic rings. The Kier molecular flexibility index (Phi) is 7.80. The van der Waals surface area contributed by atoms with E-state index in [4.69, 9.17) is 9.47 Å². The molecular weight excluding hydrogens is 456 g/mol. The third-order valence-corrected chi connectivity index (χ3v) is 5.78. The molecule has 0 unspecified atom stereocenters. The van der Waals surface area contributed by atoms with Crippen LogP contribution in [-0.4, -0.2) is 39.9 Å². The van der Waals surface area contributed by atoms with Crippen molar-refractivity contribution < 1.29 is 24.2 Å². The summed E-state index contributed by atoms with van der Waals surface area (Å²) in [6, 6.07) is 16.8. The number of hydrogen-bond donors (Lipinski definition) is 1. The van der Waals surface area contributed by atoms with E-state index in [1.807, 2.05) is 25.1 Å². The molecule has 1 saturated heterocycles. The number of carbonyl (C=O) groups excluding carboxylic acids is 2. The van der Waals surface area contributed by atoms with E-state index >= 15 is 0 Å². The first-order valence-electron chi connectivity index (χ1n) is 11.8. The van der Waals surface area contributed by atoms with Gasteiger partial charge in [-0.2, -0.15) is 0 Å². The summed E-state index contributed by atoms with van der Waals surface area (Å²) in [5.41, 5.74) is 1.91. The van der Waals surface area contributed by atoms with Crippen molar-refractivity contribution in [1.82, 2.24) is 9.88 Å². The number of likely N-dealkylation sites (tertiary alicyclic amines) is 1. The number of aliphatic hydroxyl groups excluding tert-OH is 1. The van der Waals surface area contributed by atoms with Crippen LogP contribution >= 0.6 is 0 Å². The molecule has 0 saturated carbocycles. The van der Waals surface area contributed by atoms with Crippen LogP contribution in [0, 0.1) is 0 Å². The van der Waals surface area contributed by atoms with Gasteiger partial charge in [0.25, 0.3) is 11.7 Å². The van der Waals surface area contributed by atoms with Crippen molar-refractivity contribution in [1.29, 1.82) is 0 Å². The largest absolute Gasteiger partial charge is 0.507 e. The van der Waals surface area contributed by atoms with Crippen molar-refractivity contribution in [2.75, 3.05) is 13.2 Å². The maximum absolute atomic E-state index is 13.2. The summed E-state index contributed by atoms with van der Waals surface area (Å²) in [6.45, 7) is 6.76. The van der Waals surface area contributed by atoms with Crippen LogP contribution in [0.1, 0.15) is 36.1 Å². The van der Waals surface area contributed by atoms with E-state index in [1.54, 1.807) is 60.9 Å². The minimum Gasteiger partial charge on any atom is -0.507 e. The lowest BCUT2D eigenvalue weighted by molar-refractivity contribution is -0.140. The molecule has 1 aromatic heterocycles. The summed E-state index contributed by atoms with van der Waals surface area (Å²) in [4.78, 5) is 32.0. The van der Waals surface area contributed by atoms with Gasteiger partial charge in [-0.05, 0) is 60.0 Å². The van der Waals surface area contributed by atoms with Gasteiger partial charge in [0.1, 0.15) is 23.9 Å². The van der Waals surface area contributed by atoms with Gasteiger partial charge in [-0.1, -0.05) is 37.8 Å². The molecule has 1 atom stereocenters. The van der Waals surface area contributed by atoms with Crippen LogP contribution in [0.15, 0.2) is 91.3 Å². The van der Waals surface area contributed by atoms with Gasteiger partial charge in [0.2, 0.25) is 0 Å². The van der Waals surface area contributed by atoms with Gasteiger partial charge in [-0.15, -0.1) is 0 Å². The Bertz CT molecular complexity index is 1250. The molecule has 7 heteroatoms. The van der Waals surface area contributed by atoms with E-state index in [-0.39, 0.29) is 17.9 Å². The topological polar surface area (TPSA) is 89.0 Å². The van der Waals surface area contributed by atoms with Crippen LogP contribution < -0.4 is 9.47 Å². The zero-order chi connectivity index (χ0) is 25.5. The average molecular weight is 485 g/mol. The molecule has 1 fully saturated rings. The lowest BCUT2D eigenvalue weighted by Gasteiger charge is -2.25. The minimum atomic E-state index is -0.776. The number of hydrogen-bond acceptors (Lipinski definition) is 6. The normalized spacial score (nSPS) is 16.7. The summed E-state index contributed by atoms with van der Waals surface area (Å²) in [5.74, 6) is -0.362. The second-order valence-electron chi connectivity index (χ2n) is 8.33. The molecule has 0 spiro atoms.